The number of hydrogen-bond acceptors (Lipinski definition) is 3. The molecule has 0 unspecified atom stereocenters. The molecule has 0 aliphatic heterocycles. The summed E-state index contributed by atoms with van der Waals surface area (Å²) in [6.45, 7) is 2.22. The third-order valence-corrected chi connectivity index (χ3v) is 4.79. The van der Waals surface area contributed by atoms with Crippen LogP contribution >= 0.6 is 0 Å². The van der Waals surface area contributed by atoms with E-state index in [1.165, 1.54) is 0 Å². The molecule has 1 aromatic heterocycles. The van der Waals surface area contributed by atoms with E-state index < -0.39 is 0 Å². The third-order valence-electron chi connectivity index (χ3n) is 4.79. The zero-order valence-corrected chi connectivity index (χ0v) is 15.6. The molecule has 0 radical (unpaired) electrons. The molecular weight excluding hydrogens is 350 g/mol. The number of aromatic nitrogens is 2. The summed E-state index contributed by atoms with van der Waals surface area (Å²) in [5.41, 5.74) is 6.69. The average molecular weight is 371 g/mol. The van der Waals surface area contributed by atoms with Gasteiger partial charge in [-0.25, -0.2) is 4.98 Å². The molecule has 4 aromatic rings. The Labute approximate surface area is 163 Å². The quantitative estimate of drug-likeness (QED) is 0.497. The molecule has 1 heterocycles. The number of imidazole rings is 1. The number of aryl methyl sites for hydroxylation is 1. The van der Waals surface area contributed by atoms with E-state index >= 15 is 0 Å². The SMILES string of the molecule is Cc1c(-c2ccccc2)ccc2[nH]c(-c3cccc(C(=O)NCCO)c3)nc12. The number of fused-ring (bicyclic) bond motifs is 1. The Bertz CT molecular complexity index is 1130. The summed E-state index contributed by atoms with van der Waals surface area (Å²) in [7, 11) is 0. The van der Waals surface area contributed by atoms with Crippen LogP contribution in [0.4, 0.5) is 0 Å². The summed E-state index contributed by atoms with van der Waals surface area (Å²) in [4.78, 5) is 20.3. The van der Waals surface area contributed by atoms with Gasteiger partial charge in [0.05, 0.1) is 17.6 Å². The molecule has 0 spiro atoms. The molecule has 5 heteroatoms. The lowest BCUT2D eigenvalue weighted by atomic mass is 9.99. The summed E-state index contributed by atoms with van der Waals surface area (Å²) < 4.78 is 0. The number of rotatable bonds is 5. The minimum atomic E-state index is -0.213. The number of benzene rings is 3. The van der Waals surface area contributed by atoms with Crippen molar-refractivity contribution in [3.8, 4) is 22.5 Å². The van der Waals surface area contributed by atoms with E-state index in [1.807, 2.05) is 36.4 Å². The van der Waals surface area contributed by atoms with Crippen LogP contribution in [0.25, 0.3) is 33.5 Å². The van der Waals surface area contributed by atoms with Crippen molar-refractivity contribution in [2.45, 2.75) is 6.92 Å². The minimum absolute atomic E-state index is 0.0853. The van der Waals surface area contributed by atoms with Gasteiger partial charge in [0.25, 0.3) is 5.91 Å². The molecule has 3 N–H and O–H groups in total. The van der Waals surface area contributed by atoms with Crippen LogP contribution in [0.15, 0.2) is 66.7 Å². The Balaban J connectivity index is 1.73. The van der Waals surface area contributed by atoms with Crippen molar-refractivity contribution in [1.82, 2.24) is 15.3 Å². The highest BCUT2D eigenvalue weighted by Crippen LogP contribution is 2.30. The van der Waals surface area contributed by atoms with Crippen LogP contribution in [0, 0.1) is 6.92 Å². The second kappa shape index (κ2) is 7.66. The Morgan fingerprint density at radius 3 is 2.61 bits per heavy atom. The monoisotopic (exact) mass is 371 g/mol. The second-order valence-corrected chi connectivity index (χ2v) is 6.65. The van der Waals surface area contributed by atoms with Gasteiger partial charge in [-0.05, 0) is 41.8 Å². The van der Waals surface area contributed by atoms with Gasteiger partial charge < -0.3 is 15.4 Å². The van der Waals surface area contributed by atoms with E-state index in [2.05, 4.69) is 35.4 Å². The molecular formula is C23H21N3O2. The Hall–Kier alpha value is -3.44. The van der Waals surface area contributed by atoms with Gasteiger partial charge in [-0.15, -0.1) is 0 Å². The van der Waals surface area contributed by atoms with E-state index in [-0.39, 0.29) is 19.1 Å². The van der Waals surface area contributed by atoms with Gasteiger partial charge in [0.15, 0.2) is 0 Å². The van der Waals surface area contributed by atoms with Crippen molar-refractivity contribution in [3.63, 3.8) is 0 Å². The van der Waals surface area contributed by atoms with Gasteiger partial charge in [0.1, 0.15) is 5.82 Å². The summed E-state index contributed by atoms with van der Waals surface area (Å²) in [5.74, 6) is 0.509. The number of aliphatic hydroxyl groups is 1. The van der Waals surface area contributed by atoms with Crippen molar-refractivity contribution >= 4 is 16.9 Å². The number of nitrogens with one attached hydrogen (secondary N) is 2. The van der Waals surface area contributed by atoms with Crippen LogP contribution in [0.3, 0.4) is 0 Å². The first-order chi connectivity index (χ1) is 13.7. The van der Waals surface area contributed by atoms with E-state index in [0.717, 1.165) is 39.1 Å². The van der Waals surface area contributed by atoms with E-state index in [0.29, 0.717) is 5.56 Å². The van der Waals surface area contributed by atoms with Gasteiger partial charge in [-0.1, -0.05) is 48.5 Å². The van der Waals surface area contributed by atoms with E-state index in [9.17, 15) is 4.79 Å². The predicted molar refractivity (Wildman–Crippen MR) is 111 cm³/mol. The standard InChI is InChI=1S/C23H21N3O2/c1-15-19(16-6-3-2-4-7-16)10-11-20-21(15)26-22(25-20)17-8-5-9-18(14-17)23(28)24-12-13-27/h2-11,14,27H,12-13H2,1H3,(H,24,28)(H,25,26). The van der Waals surface area contributed by atoms with Gasteiger partial charge in [0, 0.05) is 17.7 Å². The molecule has 0 bridgehead atoms. The molecule has 0 saturated carbocycles. The number of aromatic amines is 1. The molecule has 0 aliphatic rings. The van der Waals surface area contributed by atoms with Gasteiger partial charge in [0.2, 0.25) is 0 Å². The number of amides is 1. The summed E-state index contributed by atoms with van der Waals surface area (Å²) >= 11 is 0. The molecule has 0 fully saturated rings. The van der Waals surface area contributed by atoms with Crippen molar-refractivity contribution in [2.24, 2.45) is 0 Å². The Kier molecular flexibility index (Phi) is 4.91. The third kappa shape index (κ3) is 3.40. The van der Waals surface area contributed by atoms with Crippen molar-refractivity contribution in [1.29, 1.82) is 0 Å². The highest BCUT2D eigenvalue weighted by Gasteiger charge is 2.13. The molecule has 0 aliphatic carbocycles. The summed E-state index contributed by atoms with van der Waals surface area (Å²) in [6, 6.07) is 21.7. The lowest BCUT2D eigenvalue weighted by Gasteiger charge is -2.06. The molecule has 4 rings (SSSR count). The summed E-state index contributed by atoms with van der Waals surface area (Å²) in [5, 5.41) is 11.5. The fraction of sp³-hybridized carbons (Fsp3) is 0.130. The van der Waals surface area contributed by atoms with Crippen LogP contribution in [0.5, 0.6) is 0 Å². The first-order valence-electron chi connectivity index (χ1n) is 9.21. The Morgan fingerprint density at radius 1 is 1.04 bits per heavy atom. The zero-order chi connectivity index (χ0) is 19.5. The highest BCUT2D eigenvalue weighted by atomic mass is 16.3. The van der Waals surface area contributed by atoms with Crippen LogP contribution in [0.2, 0.25) is 0 Å². The van der Waals surface area contributed by atoms with Gasteiger partial charge in [-0.2, -0.15) is 0 Å². The van der Waals surface area contributed by atoms with Gasteiger partial charge >= 0.3 is 0 Å². The lowest BCUT2D eigenvalue weighted by molar-refractivity contribution is 0.0945. The molecule has 5 nitrogen and oxygen atoms in total. The lowest BCUT2D eigenvalue weighted by Crippen LogP contribution is -2.26. The Morgan fingerprint density at radius 2 is 1.82 bits per heavy atom. The molecule has 3 aromatic carbocycles. The van der Waals surface area contributed by atoms with Gasteiger partial charge in [-0.3, -0.25) is 4.79 Å². The van der Waals surface area contributed by atoms with E-state index in [1.54, 1.807) is 12.1 Å². The number of carbonyl (C=O) groups excluding carboxylic acids is 1. The zero-order valence-electron chi connectivity index (χ0n) is 15.6. The van der Waals surface area contributed by atoms with Crippen molar-refractivity contribution in [3.05, 3.63) is 77.9 Å². The number of aliphatic hydroxyl groups excluding tert-OH is 1. The number of carbonyl (C=O) groups is 1. The first-order valence-corrected chi connectivity index (χ1v) is 9.21. The molecule has 140 valence electrons. The number of nitrogens with zero attached hydrogens (tertiary/aromatic N) is 1. The van der Waals surface area contributed by atoms with Crippen molar-refractivity contribution < 1.29 is 9.90 Å². The highest BCUT2D eigenvalue weighted by molar-refractivity contribution is 5.95. The number of hydrogen-bond donors (Lipinski definition) is 3. The average Bonchev–Trinajstić information content (AvgIpc) is 3.18. The molecule has 28 heavy (non-hydrogen) atoms. The summed E-state index contributed by atoms with van der Waals surface area (Å²) in [6.07, 6.45) is 0. The molecule has 0 atom stereocenters. The second-order valence-electron chi connectivity index (χ2n) is 6.65. The topological polar surface area (TPSA) is 78.0 Å². The fourth-order valence-corrected chi connectivity index (χ4v) is 3.36. The van der Waals surface area contributed by atoms with Crippen LogP contribution in [-0.4, -0.2) is 34.1 Å². The molecule has 1 amide bonds. The van der Waals surface area contributed by atoms with Crippen LogP contribution < -0.4 is 5.32 Å². The van der Waals surface area contributed by atoms with Crippen LogP contribution in [-0.2, 0) is 0 Å². The van der Waals surface area contributed by atoms with Crippen molar-refractivity contribution in [2.75, 3.05) is 13.2 Å². The van der Waals surface area contributed by atoms with E-state index in [4.69, 9.17) is 10.1 Å². The fourth-order valence-electron chi connectivity index (χ4n) is 3.36. The molecule has 0 saturated heterocycles. The first kappa shape index (κ1) is 17.9. The normalized spacial score (nSPS) is 10.9. The maximum atomic E-state index is 12.2. The smallest absolute Gasteiger partial charge is 0.251 e. The predicted octanol–water partition coefficient (Wildman–Crippen LogP) is 3.93. The largest absolute Gasteiger partial charge is 0.395 e. The maximum absolute atomic E-state index is 12.2. The van der Waals surface area contributed by atoms with Crippen LogP contribution in [0.1, 0.15) is 15.9 Å². The minimum Gasteiger partial charge on any atom is -0.395 e. The maximum Gasteiger partial charge on any atom is 0.251 e. The number of H-pyrrole nitrogens is 1.